The third-order valence-electron chi connectivity index (χ3n) is 4.25. The molecule has 0 saturated heterocycles. The van der Waals surface area contributed by atoms with Crippen molar-refractivity contribution in [3.63, 3.8) is 0 Å². The molecule has 0 saturated carbocycles. The molecule has 0 spiro atoms. The van der Waals surface area contributed by atoms with Crippen LogP contribution in [0, 0.1) is 6.92 Å². The molecule has 0 radical (unpaired) electrons. The molecule has 1 amide bonds. The number of nitrogens with two attached hydrogens (primary N) is 1. The molecule has 4 aromatic rings. The number of carbonyl (C=O) groups is 1. The standard InChI is InChI=1S/C19H19N7O3/c1-10-7-13(25-29-10)17-23-22-14-8-12(19(2,3)4)18(24-26(14)17)28-15-6-5-11(9-21-15)16(20)27/h5-9H,1-4H3,(H2,20,27). The molecule has 10 nitrogen and oxygen atoms in total. The second kappa shape index (κ2) is 6.66. The van der Waals surface area contributed by atoms with Gasteiger partial charge in [-0.25, -0.2) is 4.98 Å². The first-order chi connectivity index (χ1) is 13.7. The van der Waals surface area contributed by atoms with Crippen molar-refractivity contribution in [3.05, 3.63) is 47.3 Å². The predicted octanol–water partition coefficient (Wildman–Crippen LogP) is 2.67. The largest absolute Gasteiger partial charge is 0.419 e. The second-order valence-corrected chi connectivity index (χ2v) is 7.58. The molecule has 148 valence electrons. The van der Waals surface area contributed by atoms with Gasteiger partial charge < -0.3 is 15.0 Å². The maximum atomic E-state index is 11.2. The lowest BCUT2D eigenvalue weighted by molar-refractivity contribution is 0.1000. The first-order valence-corrected chi connectivity index (χ1v) is 8.87. The average Bonchev–Trinajstić information content (AvgIpc) is 3.26. The van der Waals surface area contributed by atoms with Crippen molar-refractivity contribution in [2.75, 3.05) is 0 Å². The fourth-order valence-electron chi connectivity index (χ4n) is 2.75. The van der Waals surface area contributed by atoms with E-state index in [1.54, 1.807) is 29.6 Å². The third kappa shape index (κ3) is 3.51. The number of fused-ring (bicyclic) bond motifs is 1. The van der Waals surface area contributed by atoms with E-state index in [2.05, 4.69) is 25.4 Å². The molecule has 0 bridgehead atoms. The summed E-state index contributed by atoms with van der Waals surface area (Å²) >= 11 is 0. The molecule has 10 heteroatoms. The summed E-state index contributed by atoms with van der Waals surface area (Å²) in [7, 11) is 0. The number of nitrogens with zero attached hydrogens (tertiary/aromatic N) is 6. The van der Waals surface area contributed by atoms with Gasteiger partial charge >= 0.3 is 0 Å². The van der Waals surface area contributed by atoms with Crippen LogP contribution in [0.1, 0.15) is 42.5 Å². The van der Waals surface area contributed by atoms with E-state index >= 15 is 0 Å². The summed E-state index contributed by atoms with van der Waals surface area (Å²) < 4.78 is 12.6. The topological polar surface area (TPSA) is 134 Å². The van der Waals surface area contributed by atoms with Gasteiger partial charge in [-0.05, 0) is 24.5 Å². The number of primary amides is 1. The van der Waals surface area contributed by atoms with E-state index in [0.717, 1.165) is 5.56 Å². The molecule has 0 aliphatic carbocycles. The van der Waals surface area contributed by atoms with E-state index in [0.29, 0.717) is 34.4 Å². The predicted molar refractivity (Wildman–Crippen MR) is 103 cm³/mol. The van der Waals surface area contributed by atoms with E-state index in [9.17, 15) is 4.79 Å². The summed E-state index contributed by atoms with van der Waals surface area (Å²) in [4.78, 5) is 15.4. The van der Waals surface area contributed by atoms with Crippen LogP contribution in [-0.2, 0) is 5.41 Å². The average molecular weight is 393 g/mol. The van der Waals surface area contributed by atoms with Crippen LogP contribution >= 0.6 is 0 Å². The number of aromatic nitrogens is 6. The van der Waals surface area contributed by atoms with Crippen LogP contribution in [0.4, 0.5) is 0 Å². The Bertz CT molecular complexity index is 1200. The molecule has 29 heavy (non-hydrogen) atoms. The fourth-order valence-corrected chi connectivity index (χ4v) is 2.75. The van der Waals surface area contributed by atoms with E-state index in [-0.39, 0.29) is 11.3 Å². The molecular weight excluding hydrogens is 374 g/mol. The summed E-state index contributed by atoms with van der Waals surface area (Å²) in [6.07, 6.45) is 1.36. The Balaban J connectivity index is 1.82. The summed E-state index contributed by atoms with van der Waals surface area (Å²) in [5, 5.41) is 17.0. The zero-order chi connectivity index (χ0) is 20.8. The van der Waals surface area contributed by atoms with Gasteiger partial charge in [0.15, 0.2) is 11.3 Å². The molecule has 0 atom stereocenters. The number of rotatable bonds is 4. The molecule has 4 heterocycles. The third-order valence-corrected chi connectivity index (χ3v) is 4.25. The highest BCUT2D eigenvalue weighted by molar-refractivity contribution is 5.92. The lowest BCUT2D eigenvalue weighted by atomic mass is 9.88. The Kier molecular flexibility index (Phi) is 4.26. The molecule has 0 aromatic carbocycles. The highest BCUT2D eigenvalue weighted by atomic mass is 16.5. The van der Waals surface area contributed by atoms with E-state index in [4.69, 9.17) is 15.0 Å². The maximum Gasteiger partial charge on any atom is 0.250 e. The molecule has 0 unspecified atom stereocenters. The van der Waals surface area contributed by atoms with Crippen molar-refractivity contribution in [2.24, 2.45) is 5.73 Å². The zero-order valence-electron chi connectivity index (χ0n) is 16.4. The van der Waals surface area contributed by atoms with Gasteiger partial charge in [-0.15, -0.1) is 15.3 Å². The van der Waals surface area contributed by atoms with Crippen LogP contribution in [0.3, 0.4) is 0 Å². The van der Waals surface area contributed by atoms with Crippen LogP contribution in [0.25, 0.3) is 17.2 Å². The minimum Gasteiger partial charge on any atom is -0.419 e. The highest BCUT2D eigenvalue weighted by Crippen LogP contribution is 2.33. The minimum atomic E-state index is -0.559. The van der Waals surface area contributed by atoms with Crippen LogP contribution in [0.5, 0.6) is 11.8 Å². The number of hydrogen-bond acceptors (Lipinski definition) is 8. The maximum absolute atomic E-state index is 11.2. The molecule has 0 aliphatic heterocycles. The van der Waals surface area contributed by atoms with Gasteiger partial charge in [0.05, 0.1) is 5.56 Å². The molecular formula is C19H19N7O3. The number of pyridine rings is 1. The van der Waals surface area contributed by atoms with Crippen molar-refractivity contribution in [1.29, 1.82) is 0 Å². The number of amides is 1. The Morgan fingerprint density at radius 2 is 2.00 bits per heavy atom. The van der Waals surface area contributed by atoms with Gasteiger partial charge in [-0.1, -0.05) is 25.9 Å². The van der Waals surface area contributed by atoms with Gasteiger partial charge in [-0.3, -0.25) is 4.79 Å². The van der Waals surface area contributed by atoms with Gasteiger partial charge in [0, 0.05) is 23.9 Å². The van der Waals surface area contributed by atoms with Crippen molar-refractivity contribution >= 4 is 11.6 Å². The van der Waals surface area contributed by atoms with Crippen LogP contribution in [0.2, 0.25) is 0 Å². The number of aryl methyl sites for hydroxylation is 1. The first-order valence-electron chi connectivity index (χ1n) is 8.87. The number of hydrogen-bond donors (Lipinski definition) is 1. The summed E-state index contributed by atoms with van der Waals surface area (Å²) in [6.45, 7) is 7.90. The monoisotopic (exact) mass is 393 g/mol. The lowest BCUT2D eigenvalue weighted by Gasteiger charge is -2.21. The van der Waals surface area contributed by atoms with Crippen molar-refractivity contribution in [2.45, 2.75) is 33.1 Å². The van der Waals surface area contributed by atoms with Gasteiger partial charge in [0.2, 0.25) is 23.5 Å². The van der Waals surface area contributed by atoms with E-state index in [1.165, 1.54) is 6.20 Å². The van der Waals surface area contributed by atoms with Crippen LogP contribution in [-0.4, -0.2) is 35.9 Å². The van der Waals surface area contributed by atoms with Gasteiger partial charge in [0.1, 0.15) is 5.76 Å². The zero-order valence-corrected chi connectivity index (χ0v) is 16.4. The van der Waals surface area contributed by atoms with E-state index in [1.807, 2.05) is 26.8 Å². The normalized spacial score (nSPS) is 11.7. The molecule has 0 aliphatic rings. The van der Waals surface area contributed by atoms with Gasteiger partial charge in [0.25, 0.3) is 0 Å². The van der Waals surface area contributed by atoms with Crippen molar-refractivity contribution in [1.82, 2.24) is 30.0 Å². The Hall–Kier alpha value is -3.82. The number of ether oxygens (including phenoxy) is 1. The van der Waals surface area contributed by atoms with Crippen LogP contribution in [0.15, 0.2) is 35.0 Å². The van der Waals surface area contributed by atoms with E-state index < -0.39 is 5.91 Å². The molecule has 4 aromatic heterocycles. The quantitative estimate of drug-likeness (QED) is 0.559. The molecule has 4 rings (SSSR count). The molecule has 0 fully saturated rings. The lowest BCUT2D eigenvalue weighted by Crippen LogP contribution is -2.15. The molecule has 2 N–H and O–H groups in total. The second-order valence-electron chi connectivity index (χ2n) is 7.58. The van der Waals surface area contributed by atoms with Crippen molar-refractivity contribution in [3.8, 4) is 23.3 Å². The van der Waals surface area contributed by atoms with Gasteiger partial charge in [-0.2, -0.15) is 4.52 Å². The highest BCUT2D eigenvalue weighted by Gasteiger charge is 2.25. The SMILES string of the molecule is Cc1cc(-c2nnc3cc(C(C)(C)C)c(Oc4ccc(C(N)=O)cn4)nn23)no1. The fraction of sp³-hybridized carbons (Fsp3) is 0.263. The Labute approximate surface area is 165 Å². The smallest absolute Gasteiger partial charge is 0.250 e. The van der Waals surface area contributed by atoms with Crippen LogP contribution < -0.4 is 10.5 Å². The Morgan fingerprint density at radius 1 is 1.21 bits per heavy atom. The Morgan fingerprint density at radius 3 is 2.59 bits per heavy atom. The summed E-state index contributed by atoms with van der Waals surface area (Å²) in [5.41, 5.74) is 7.15. The first kappa shape index (κ1) is 18.5. The number of carbonyl (C=O) groups excluding carboxylic acids is 1. The minimum absolute atomic E-state index is 0.277. The van der Waals surface area contributed by atoms with Crippen molar-refractivity contribution < 1.29 is 14.1 Å². The summed E-state index contributed by atoms with van der Waals surface area (Å²) in [5.74, 6) is 1.14. The summed E-state index contributed by atoms with van der Waals surface area (Å²) in [6, 6.07) is 6.72.